The molecule has 4 heteroatoms. The molecule has 0 saturated heterocycles. The molecule has 1 N–H and O–H groups in total. The van der Waals surface area contributed by atoms with Crippen LogP contribution in [-0.2, 0) is 4.74 Å². The van der Waals surface area contributed by atoms with Crippen LogP contribution in [0.1, 0.15) is 31.4 Å². The zero-order chi connectivity index (χ0) is 13.7. The van der Waals surface area contributed by atoms with Gasteiger partial charge in [-0.15, -0.1) is 0 Å². The average Bonchev–Trinajstić information content (AvgIpc) is 3.22. The normalized spacial score (nSPS) is 16.4. The summed E-state index contributed by atoms with van der Waals surface area (Å²) in [5.41, 5.74) is 1.01. The second-order valence-electron chi connectivity index (χ2n) is 5.09. The van der Waals surface area contributed by atoms with E-state index in [0.29, 0.717) is 0 Å². The number of methoxy groups -OCH3 is 1. The summed E-state index contributed by atoms with van der Waals surface area (Å²) < 4.78 is 23.8. The van der Waals surface area contributed by atoms with Gasteiger partial charge in [-0.05, 0) is 43.4 Å². The third kappa shape index (κ3) is 4.48. The SMILES string of the molecule is COc1cc(C(C)NCCOCC2CC2)ccc1F. The quantitative estimate of drug-likeness (QED) is 0.735. The van der Waals surface area contributed by atoms with Crippen LogP contribution in [0.3, 0.4) is 0 Å². The molecule has 1 aliphatic carbocycles. The molecule has 0 bridgehead atoms. The van der Waals surface area contributed by atoms with Gasteiger partial charge in [0.1, 0.15) is 0 Å². The van der Waals surface area contributed by atoms with Crippen molar-refractivity contribution < 1.29 is 13.9 Å². The Kier molecular flexibility index (Phi) is 5.16. The predicted molar refractivity (Wildman–Crippen MR) is 72.9 cm³/mol. The Hall–Kier alpha value is -1.13. The van der Waals surface area contributed by atoms with Crippen molar-refractivity contribution in [2.45, 2.75) is 25.8 Å². The van der Waals surface area contributed by atoms with Crippen molar-refractivity contribution in [1.82, 2.24) is 5.32 Å². The van der Waals surface area contributed by atoms with Crippen molar-refractivity contribution in [1.29, 1.82) is 0 Å². The average molecular weight is 267 g/mol. The van der Waals surface area contributed by atoms with Gasteiger partial charge in [0.05, 0.1) is 13.7 Å². The van der Waals surface area contributed by atoms with Gasteiger partial charge in [0.2, 0.25) is 0 Å². The van der Waals surface area contributed by atoms with Crippen LogP contribution >= 0.6 is 0 Å². The van der Waals surface area contributed by atoms with E-state index in [1.165, 1.54) is 26.0 Å². The second-order valence-corrected chi connectivity index (χ2v) is 5.09. The van der Waals surface area contributed by atoms with E-state index in [-0.39, 0.29) is 17.6 Å². The molecule has 1 fully saturated rings. The van der Waals surface area contributed by atoms with Crippen molar-refractivity contribution in [3.05, 3.63) is 29.6 Å². The molecular weight excluding hydrogens is 245 g/mol. The number of rotatable bonds is 8. The fourth-order valence-electron chi connectivity index (χ4n) is 1.95. The van der Waals surface area contributed by atoms with E-state index in [9.17, 15) is 4.39 Å². The van der Waals surface area contributed by atoms with Gasteiger partial charge in [-0.25, -0.2) is 4.39 Å². The number of benzene rings is 1. The molecule has 19 heavy (non-hydrogen) atoms. The molecule has 1 atom stereocenters. The highest BCUT2D eigenvalue weighted by atomic mass is 19.1. The van der Waals surface area contributed by atoms with E-state index in [4.69, 9.17) is 9.47 Å². The first kappa shape index (κ1) is 14.3. The zero-order valence-electron chi connectivity index (χ0n) is 11.6. The van der Waals surface area contributed by atoms with Gasteiger partial charge in [-0.1, -0.05) is 6.07 Å². The molecule has 1 unspecified atom stereocenters. The first-order chi connectivity index (χ1) is 9.20. The fourth-order valence-corrected chi connectivity index (χ4v) is 1.95. The number of hydrogen-bond acceptors (Lipinski definition) is 3. The van der Waals surface area contributed by atoms with Crippen molar-refractivity contribution in [3.8, 4) is 5.75 Å². The van der Waals surface area contributed by atoms with Gasteiger partial charge in [0, 0.05) is 19.2 Å². The molecule has 0 aliphatic heterocycles. The summed E-state index contributed by atoms with van der Waals surface area (Å²) in [6, 6.07) is 5.10. The molecule has 1 aliphatic rings. The van der Waals surface area contributed by atoms with Crippen molar-refractivity contribution in [3.63, 3.8) is 0 Å². The minimum absolute atomic E-state index is 0.152. The number of hydrogen-bond donors (Lipinski definition) is 1. The standard InChI is InChI=1S/C15H22FNO2/c1-11(17-7-8-19-10-12-3-4-12)13-5-6-14(16)15(9-13)18-2/h5-6,9,11-12,17H,3-4,7-8,10H2,1-2H3. The Labute approximate surface area is 114 Å². The fraction of sp³-hybridized carbons (Fsp3) is 0.600. The molecule has 0 radical (unpaired) electrons. The number of ether oxygens (including phenoxy) is 2. The van der Waals surface area contributed by atoms with E-state index < -0.39 is 0 Å². The number of nitrogens with one attached hydrogen (secondary N) is 1. The molecular formula is C15H22FNO2. The molecule has 106 valence electrons. The lowest BCUT2D eigenvalue weighted by Crippen LogP contribution is -2.23. The van der Waals surface area contributed by atoms with Crippen LogP contribution in [0.4, 0.5) is 4.39 Å². The largest absolute Gasteiger partial charge is 0.494 e. The number of halogens is 1. The minimum Gasteiger partial charge on any atom is -0.494 e. The van der Waals surface area contributed by atoms with Crippen LogP contribution in [0.2, 0.25) is 0 Å². The van der Waals surface area contributed by atoms with Crippen LogP contribution in [0.25, 0.3) is 0 Å². The summed E-state index contributed by atoms with van der Waals surface area (Å²) in [5, 5.41) is 3.36. The summed E-state index contributed by atoms with van der Waals surface area (Å²) in [6.07, 6.45) is 2.64. The van der Waals surface area contributed by atoms with Crippen molar-refractivity contribution >= 4 is 0 Å². The second kappa shape index (κ2) is 6.87. The lowest BCUT2D eigenvalue weighted by Gasteiger charge is -2.15. The highest BCUT2D eigenvalue weighted by Gasteiger charge is 2.20. The maximum absolute atomic E-state index is 13.3. The van der Waals surface area contributed by atoms with Crippen molar-refractivity contribution in [2.24, 2.45) is 5.92 Å². The molecule has 2 rings (SSSR count). The maximum Gasteiger partial charge on any atom is 0.165 e. The van der Waals surface area contributed by atoms with Gasteiger partial charge in [-0.2, -0.15) is 0 Å². The predicted octanol–water partition coefficient (Wildman–Crippen LogP) is 2.91. The van der Waals surface area contributed by atoms with Gasteiger partial charge >= 0.3 is 0 Å². The van der Waals surface area contributed by atoms with Gasteiger partial charge in [-0.3, -0.25) is 0 Å². The lowest BCUT2D eigenvalue weighted by molar-refractivity contribution is 0.124. The minimum atomic E-state index is -0.328. The summed E-state index contributed by atoms with van der Waals surface area (Å²) in [7, 11) is 1.48. The molecule has 1 saturated carbocycles. The zero-order valence-corrected chi connectivity index (χ0v) is 11.6. The molecule has 1 aromatic carbocycles. The van der Waals surface area contributed by atoms with E-state index in [1.807, 2.05) is 6.92 Å². The third-order valence-corrected chi connectivity index (χ3v) is 3.42. The highest BCUT2D eigenvalue weighted by molar-refractivity contribution is 5.31. The lowest BCUT2D eigenvalue weighted by atomic mass is 10.1. The Morgan fingerprint density at radius 1 is 1.42 bits per heavy atom. The van der Waals surface area contributed by atoms with Gasteiger partial charge in [0.25, 0.3) is 0 Å². The Morgan fingerprint density at radius 2 is 2.21 bits per heavy atom. The Balaban J connectivity index is 1.73. The molecule has 3 nitrogen and oxygen atoms in total. The molecule has 0 heterocycles. The van der Waals surface area contributed by atoms with E-state index in [0.717, 1.165) is 31.2 Å². The Bertz CT molecular complexity index is 407. The van der Waals surface area contributed by atoms with Crippen LogP contribution < -0.4 is 10.1 Å². The molecule has 0 spiro atoms. The molecule has 0 amide bonds. The molecule has 0 aromatic heterocycles. The van der Waals surface area contributed by atoms with Crippen LogP contribution in [-0.4, -0.2) is 26.9 Å². The van der Waals surface area contributed by atoms with Crippen LogP contribution in [0.5, 0.6) is 5.75 Å². The first-order valence-electron chi connectivity index (χ1n) is 6.85. The smallest absolute Gasteiger partial charge is 0.165 e. The summed E-state index contributed by atoms with van der Waals surface area (Å²) in [4.78, 5) is 0. The first-order valence-corrected chi connectivity index (χ1v) is 6.85. The Morgan fingerprint density at radius 3 is 2.89 bits per heavy atom. The maximum atomic E-state index is 13.3. The summed E-state index contributed by atoms with van der Waals surface area (Å²) >= 11 is 0. The summed E-state index contributed by atoms with van der Waals surface area (Å²) in [5.74, 6) is 0.765. The van der Waals surface area contributed by atoms with Crippen molar-refractivity contribution in [2.75, 3.05) is 26.9 Å². The van der Waals surface area contributed by atoms with E-state index >= 15 is 0 Å². The van der Waals surface area contributed by atoms with Gasteiger partial charge in [0.15, 0.2) is 11.6 Å². The van der Waals surface area contributed by atoms with E-state index in [2.05, 4.69) is 5.32 Å². The third-order valence-electron chi connectivity index (χ3n) is 3.42. The molecule has 1 aromatic rings. The highest BCUT2D eigenvalue weighted by Crippen LogP contribution is 2.28. The summed E-state index contributed by atoms with van der Waals surface area (Å²) in [6.45, 7) is 4.46. The van der Waals surface area contributed by atoms with Crippen LogP contribution in [0.15, 0.2) is 18.2 Å². The van der Waals surface area contributed by atoms with Gasteiger partial charge < -0.3 is 14.8 Å². The topological polar surface area (TPSA) is 30.5 Å². The van der Waals surface area contributed by atoms with Crippen LogP contribution in [0, 0.1) is 11.7 Å². The van der Waals surface area contributed by atoms with E-state index in [1.54, 1.807) is 12.1 Å². The monoisotopic (exact) mass is 267 g/mol.